The number of hydrogen-bond donors (Lipinski definition) is 1. The maximum absolute atomic E-state index is 12.5. The van der Waals surface area contributed by atoms with Crippen molar-refractivity contribution in [2.45, 2.75) is 13.5 Å². The van der Waals surface area contributed by atoms with Crippen LogP contribution in [-0.2, 0) is 6.54 Å². The summed E-state index contributed by atoms with van der Waals surface area (Å²) in [6.07, 6.45) is 1.63. The van der Waals surface area contributed by atoms with Crippen LogP contribution in [0.4, 0.5) is 0 Å². The fourth-order valence-electron chi connectivity index (χ4n) is 2.33. The highest BCUT2D eigenvalue weighted by atomic mass is 16.2. The van der Waals surface area contributed by atoms with Gasteiger partial charge in [0.2, 0.25) is 0 Å². The predicted molar refractivity (Wildman–Crippen MR) is 83.1 cm³/mol. The van der Waals surface area contributed by atoms with Gasteiger partial charge in [-0.3, -0.25) is 4.79 Å². The Morgan fingerprint density at radius 1 is 1.19 bits per heavy atom. The van der Waals surface area contributed by atoms with E-state index >= 15 is 0 Å². The van der Waals surface area contributed by atoms with Crippen LogP contribution in [0.25, 0.3) is 11.0 Å². The molecule has 21 heavy (non-hydrogen) atoms. The first-order chi connectivity index (χ1) is 10.1. The normalized spacial score (nSPS) is 10.8. The second-order valence-corrected chi connectivity index (χ2v) is 5.28. The molecule has 2 aromatic carbocycles. The Bertz CT molecular complexity index is 774. The van der Waals surface area contributed by atoms with Crippen LogP contribution < -0.4 is 0 Å². The Kier molecular flexibility index (Phi) is 3.44. The Hall–Kier alpha value is -2.62. The number of nitrogens with zero attached hydrogens (tertiary/aromatic N) is 2. The van der Waals surface area contributed by atoms with Crippen molar-refractivity contribution in [3.05, 3.63) is 65.5 Å². The molecule has 3 rings (SSSR count). The first-order valence-electron chi connectivity index (χ1n) is 6.87. The van der Waals surface area contributed by atoms with E-state index in [1.807, 2.05) is 25.2 Å². The number of rotatable bonds is 3. The van der Waals surface area contributed by atoms with Gasteiger partial charge in [-0.15, -0.1) is 0 Å². The molecule has 3 aromatic rings. The van der Waals surface area contributed by atoms with Gasteiger partial charge >= 0.3 is 0 Å². The SMILES string of the molecule is Cc1ccc(CN(C)C(=O)c2ccc3nc[nH]c3c2)cc1. The van der Waals surface area contributed by atoms with Crippen molar-refractivity contribution < 1.29 is 4.79 Å². The third-order valence-corrected chi connectivity index (χ3v) is 3.55. The minimum atomic E-state index is 0.00655. The number of benzene rings is 2. The van der Waals surface area contributed by atoms with Crippen molar-refractivity contribution in [1.82, 2.24) is 14.9 Å². The van der Waals surface area contributed by atoms with Crippen molar-refractivity contribution in [2.24, 2.45) is 0 Å². The molecule has 1 N–H and O–H groups in total. The van der Waals surface area contributed by atoms with E-state index in [-0.39, 0.29) is 5.91 Å². The highest BCUT2D eigenvalue weighted by Crippen LogP contribution is 2.14. The number of aryl methyl sites for hydroxylation is 1. The van der Waals surface area contributed by atoms with Crippen LogP contribution in [-0.4, -0.2) is 27.8 Å². The molecule has 0 bridgehead atoms. The Labute approximate surface area is 123 Å². The molecule has 0 unspecified atom stereocenters. The Morgan fingerprint density at radius 2 is 1.95 bits per heavy atom. The maximum atomic E-state index is 12.5. The van der Waals surface area contributed by atoms with E-state index in [0.717, 1.165) is 16.6 Å². The topological polar surface area (TPSA) is 49.0 Å². The second kappa shape index (κ2) is 5.40. The summed E-state index contributed by atoms with van der Waals surface area (Å²) in [6.45, 7) is 2.65. The fourth-order valence-corrected chi connectivity index (χ4v) is 2.33. The summed E-state index contributed by atoms with van der Waals surface area (Å²) < 4.78 is 0. The largest absolute Gasteiger partial charge is 0.345 e. The van der Waals surface area contributed by atoms with Crippen molar-refractivity contribution in [2.75, 3.05) is 7.05 Å². The van der Waals surface area contributed by atoms with E-state index in [1.54, 1.807) is 11.2 Å². The minimum absolute atomic E-state index is 0.00655. The summed E-state index contributed by atoms with van der Waals surface area (Å²) in [4.78, 5) is 21.4. The number of H-pyrrole nitrogens is 1. The van der Waals surface area contributed by atoms with Gasteiger partial charge in [0.05, 0.1) is 17.4 Å². The van der Waals surface area contributed by atoms with E-state index in [1.165, 1.54) is 5.56 Å². The van der Waals surface area contributed by atoms with E-state index in [2.05, 4.69) is 41.2 Å². The smallest absolute Gasteiger partial charge is 0.253 e. The number of hydrogen-bond acceptors (Lipinski definition) is 2. The molecule has 1 heterocycles. The highest BCUT2D eigenvalue weighted by molar-refractivity contribution is 5.97. The van der Waals surface area contributed by atoms with E-state index in [0.29, 0.717) is 12.1 Å². The lowest BCUT2D eigenvalue weighted by atomic mass is 10.1. The molecule has 1 amide bonds. The molecule has 0 spiro atoms. The number of carbonyl (C=O) groups is 1. The number of imidazole rings is 1. The van der Waals surface area contributed by atoms with Gasteiger partial charge in [-0.25, -0.2) is 4.98 Å². The summed E-state index contributed by atoms with van der Waals surface area (Å²) in [5.74, 6) is 0.00655. The summed E-state index contributed by atoms with van der Waals surface area (Å²) in [7, 11) is 1.82. The zero-order valence-electron chi connectivity index (χ0n) is 12.1. The molecule has 0 aliphatic carbocycles. The summed E-state index contributed by atoms with van der Waals surface area (Å²) in [5.41, 5.74) is 4.76. The Morgan fingerprint density at radius 3 is 2.71 bits per heavy atom. The van der Waals surface area contributed by atoms with Crippen LogP contribution in [0.1, 0.15) is 21.5 Å². The molecule has 0 atom stereocenters. The molecule has 0 saturated heterocycles. The van der Waals surface area contributed by atoms with Crippen LogP contribution in [0.5, 0.6) is 0 Å². The van der Waals surface area contributed by atoms with E-state index < -0.39 is 0 Å². The summed E-state index contributed by atoms with van der Waals surface area (Å²) >= 11 is 0. The molecule has 1 aromatic heterocycles. The number of amides is 1. The van der Waals surface area contributed by atoms with Crippen molar-refractivity contribution in [3.8, 4) is 0 Å². The molecule has 0 aliphatic heterocycles. The third-order valence-electron chi connectivity index (χ3n) is 3.55. The summed E-state index contributed by atoms with van der Waals surface area (Å²) in [6, 6.07) is 13.7. The quantitative estimate of drug-likeness (QED) is 0.800. The van der Waals surface area contributed by atoms with Crippen molar-refractivity contribution in [1.29, 1.82) is 0 Å². The first kappa shape index (κ1) is 13.4. The van der Waals surface area contributed by atoms with Gasteiger partial charge < -0.3 is 9.88 Å². The van der Waals surface area contributed by atoms with Gasteiger partial charge in [0, 0.05) is 19.2 Å². The minimum Gasteiger partial charge on any atom is -0.345 e. The lowest BCUT2D eigenvalue weighted by Crippen LogP contribution is -2.26. The standard InChI is InChI=1S/C17H17N3O/c1-12-3-5-13(6-4-12)10-20(2)17(21)14-7-8-15-16(9-14)19-11-18-15/h3-9,11H,10H2,1-2H3,(H,18,19). The van der Waals surface area contributed by atoms with Crippen LogP contribution in [0.15, 0.2) is 48.8 Å². The zero-order valence-corrected chi connectivity index (χ0v) is 12.1. The average Bonchev–Trinajstić information content (AvgIpc) is 2.96. The maximum Gasteiger partial charge on any atom is 0.253 e. The molecular weight excluding hydrogens is 262 g/mol. The average molecular weight is 279 g/mol. The van der Waals surface area contributed by atoms with Crippen LogP contribution in [0.2, 0.25) is 0 Å². The van der Waals surface area contributed by atoms with Gasteiger partial charge in [0.25, 0.3) is 5.91 Å². The van der Waals surface area contributed by atoms with Gasteiger partial charge in [-0.2, -0.15) is 0 Å². The number of carbonyl (C=O) groups excluding carboxylic acids is 1. The van der Waals surface area contributed by atoms with Gasteiger partial charge in [-0.1, -0.05) is 29.8 Å². The monoisotopic (exact) mass is 279 g/mol. The Balaban J connectivity index is 1.78. The van der Waals surface area contributed by atoms with Crippen LogP contribution >= 0.6 is 0 Å². The highest BCUT2D eigenvalue weighted by Gasteiger charge is 2.13. The lowest BCUT2D eigenvalue weighted by Gasteiger charge is -2.17. The molecule has 0 aliphatic rings. The second-order valence-electron chi connectivity index (χ2n) is 5.28. The molecule has 0 saturated carbocycles. The van der Waals surface area contributed by atoms with E-state index in [4.69, 9.17) is 0 Å². The van der Waals surface area contributed by atoms with Crippen LogP contribution in [0, 0.1) is 6.92 Å². The molecule has 0 radical (unpaired) electrons. The van der Waals surface area contributed by atoms with Crippen LogP contribution in [0.3, 0.4) is 0 Å². The molecule has 4 nitrogen and oxygen atoms in total. The number of nitrogens with one attached hydrogen (secondary N) is 1. The molecule has 4 heteroatoms. The number of aromatic amines is 1. The fraction of sp³-hybridized carbons (Fsp3) is 0.176. The van der Waals surface area contributed by atoms with Gasteiger partial charge in [0.15, 0.2) is 0 Å². The number of aromatic nitrogens is 2. The van der Waals surface area contributed by atoms with Gasteiger partial charge in [0.1, 0.15) is 0 Å². The van der Waals surface area contributed by atoms with Crippen molar-refractivity contribution in [3.63, 3.8) is 0 Å². The van der Waals surface area contributed by atoms with E-state index in [9.17, 15) is 4.79 Å². The molecule has 106 valence electrons. The molecule has 0 fully saturated rings. The lowest BCUT2D eigenvalue weighted by molar-refractivity contribution is 0.0785. The first-order valence-corrected chi connectivity index (χ1v) is 6.87. The van der Waals surface area contributed by atoms with Gasteiger partial charge in [-0.05, 0) is 30.7 Å². The predicted octanol–water partition coefficient (Wildman–Crippen LogP) is 3.14. The number of fused-ring (bicyclic) bond motifs is 1. The molecular formula is C17H17N3O. The third kappa shape index (κ3) is 2.79. The summed E-state index contributed by atoms with van der Waals surface area (Å²) in [5, 5.41) is 0. The van der Waals surface area contributed by atoms with Crippen molar-refractivity contribution >= 4 is 16.9 Å². The zero-order chi connectivity index (χ0) is 14.8.